The van der Waals surface area contributed by atoms with Gasteiger partial charge in [0, 0.05) is 43.2 Å². The molecule has 2 nitrogen and oxygen atoms in total. The van der Waals surface area contributed by atoms with Crippen molar-refractivity contribution in [2.75, 3.05) is 9.80 Å². The highest BCUT2D eigenvalue weighted by atomic mass is 32.1. The summed E-state index contributed by atoms with van der Waals surface area (Å²) in [6.45, 7) is 31.2. The Morgan fingerprint density at radius 1 is 0.507 bits per heavy atom. The van der Waals surface area contributed by atoms with E-state index >= 15 is 0 Å². The number of hydrogen-bond acceptors (Lipinski definition) is 3. The molecule has 0 atom stereocenters. The van der Waals surface area contributed by atoms with Gasteiger partial charge in [0.1, 0.15) is 0 Å². The highest BCUT2D eigenvalue weighted by Crippen LogP contribution is 2.56. The number of nitrogens with zero attached hydrogens (tertiary/aromatic N) is 2. The van der Waals surface area contributed by atoms with Gasteiger partial charge in [0.2, 0.25) is 0 Å². The maximum absolute atomic E-state index is 9.36. The molecule has 0 fully saturated rings. The normalized spacial score (nSPS) is 21.6. The monoisotopic (exact) mass is 902 g/mol. The molecule has 4 heteroatoms. The number of hydrogen-bond donors (Lipinski definition) is 0. The second-order valence-corrected chi connectivity index (χ2v) is 26.1. The molecule has 2 aliphatic heterocycles. The smallest absolute Gasteiger partial charge is 0.264 e. The Labute approximate surface area is 413 Å². The summed E-state index contributed by atoms with van der Waals surface area (Å²) in [5, 5.41) is 1.20. The SMILES string of the molecule is [2H]c1c([2H])c([2H])c(-c2ccccc2N2c3cc(C)cc4c3B(c3cc5c(cc3N4c3ccc4c(c3)C(C)(C)CCC4(C)C)C(C)(C)CCC5(C)C)c3sc4cc5c(cc4c32)C(C)(C)CCC5(C)C)c([2H])c1[2H]. The van der Waals surface area contributed by atoms with Gasteiger partial charge >= 0.3 is 0 Å². The van der Waals surface area contributed by atoms with Crippen molar-refractivity contribution in [2.45, 2.75) is 161 Å². The maximum atomic E-state index is 9.36. The van der Waals surface area contributed by atoms with Crippen molar-refractivity contribution < 1.29 is 6.85 Å². The van der Waals surface area contributed by atoms with Gasteiger partial charge in [0.15, 0.2) is 0 Å². The lowest BCUT2D eigenvalue weighted by Crippen LogP contribution is -2.61. The van der Waals surface area contributed by atoms with Gasteiger partial charge in [-0.3, -0.25) is 0 Å². The van der Waals surface area contributed by atoms with Crippen molar-refractivity contribution in [1.82, 2.24) is 0 Å². The predicted octanol–water partition coefficient (Wildman–Crippen LogP) is 16.0. The lowest BCUT2D eigenvalue weighted by atomic mass is 9.35. The van der Waals surface area contributed by atoms with Gasteiger partial charge in [-0.2, -0.15) is 0 Å². The van der Waals surface area contributed by atoms with E-state index in [0.29, 0.717) is 5.56 Å². The van der Waals surface area contributed by atoms with Crippen molar-refractivity contribution in [3.8, 4) is 11.1 Å². The fourth-order valence-electron chi connectivity index (χ4n) is 13.2. The van der Waals surface area contributed by atoms with E-state index in [1.807, 2.05) is 29.5 Å². The molecule has 0 saturated heterocycles. The Bertz CT molecular complexity index is 3510. The molecule has 0 bridgehead atoms. The summed E-state index contributed by atoms with van der Waals surface area (Å²) in [6.07, 6.45) is 6.73. The summed E-state index contributed by atoms with van der Waals surface area (Å²) in [5.74, 6) is 0. The molecule has 6 aromatic carbocycles. The van der Waals surface area contributed by atoms with Crippen molar-refractivity contribution in [3.63, 3.8) is 0 Å². The summed E-state index contributed by atoms with van der Waals surface area (Å²) in [5.41, 5.74) is 19.7. The highest BCUT2D eigenvalue weighted by Gasteiger charge is 2.49. The first-order chi connectivity index (χ1) is 33.6. The summed E-state index contributed by atoms with van der Waals surface area (Å²) in [7, 11) is 0. The Hall–Kier alpha value is -5.06. The minimum Gasteiger partial charge on any atom is -0.311 e. The van der Waals surface area contributed by atoms with Gasteiger partial charge in [0.05, 0.1) is 18.2 Å². The zero-order valence-corrected chi connectivity index (χ0v) is 42.9. The lowest BCUT2D eigenvalue weighted by molar-refractivity contribution is 0.332. The van der Waals surface area contributed by atoms with Gasteiger partial charge in [-0.15, -0.1) is 11.3 Å². The molecule has 0 unspecified atom stereocenters. The molecule has 0 radical (unpaired) electrons. The molecule has 0 spiro atoms. The molecule has 5 aliphatic rings. The molecular formula is C63H69BN2S. The highest BCUT2D eigenvalue weighted by molar-refractivity contribution is 7.33. The average Bonchev–Trinajstić information content (AvgIpc) is 3.70. The summed E-state index contributed by atoms with van der Waals surface area (Å²) in [6, 6.07) is 29.0. The Kier molecular flexibility index (Phi) is 7.93. The van der Waals surface area contributed by atoms with E-state index in [1.54, 1.807) is 0 Å². The molecular weight excluding hydrogens is 828 g/mol. The van der Waals surface area contributed by atoms with Crippen LogP contribution in [0.5, 0.6) is 0 Å². The number of anilines is 6. The van der Waals surface area contributed by atoms with Crippen LogP contribution >= 0.6 is 11.3 Å². The third kappa shape index (κ3) is 6.26. The van der Waals surface area contributed by atoms with Crippen LogP contribution in [0.1, 0.15) is 167 Å². The van der Waals surface area contributed by atoms with Crippen LogP contribution in [0.15, 0.2) is 109 Å². The number of aryl methyl sites for hydroxylation is 1. The van der Waals surface area contributed by atoms with Crippen LogP contribution in [0, 0.1) is 6.92 Å². The number of fused-ring (bicyclic) bond motifs is 9. The van der Waals surface area contributed by atoms with Crippen molar-refractivity contribution in [1.29, 1.82) is 0 Å². The number of rotatable bonds is 3. The fourth-order valence-corrected chi connectivity index (χ4v) is 14.6. The van der Waals surface area contributed by atoms with Gasteiger partial charge in [-0.1, -0.05) is 144 Å². The topological polar surface area (TPSA) is 6.48 Å². The lowest BCUT2D eigenvalue weighted by Gasteiger charge is -2.47. The van der Waals surface area contributed by atoms with Gasteiger partial charge in [-0.25, -0.2) is 0 Å². The quantitative estimate of drug-likeness (QED) is 0.163. The first kappa shape index (κ1) is 37.9. The molecule has 0 saturated carbocycles. The Morgan fingerprint density at radius 2 is 1.03 bits per heavy atom. The Morgan fingerprint density at radius 3 is 1.66 bits per heavy atom. The van der Waals surface area contributed by atoms with Gasteiger partial charge < -0.3 is 9.80 Å². The largest absolute Gasteiger partial charge is 0.311 e. The zero-order chi connectivity index (χ0) is 51.3. The van der Waals surface area contributed by atoms with Gasteiger partial charge in [0.25, 0.3) is 6.71 Å². The molecule has 7 aromatic rings. The van der Waals surface area contributed by atoms with Crippen LogP contribution in [-0.2, 0) is 32.5 Å². The van der Waals surface area contributed by atoms with E-state index in [9.17, 15) is 2.74 Å². The molecule has 340 valence electrons. The Balaban J connectivity index is 1.24. The molecule has 0 amide bonds. The number of thiophene rings is 1. The summed E-state index contributed by atoms with van der Waals surface area (Å²) < 4.78 is 47.6. The van der Waals surface area contributed by atoms with Crippen LogP contribution in [0.4, 0.5) is 34.1 Å². The molecule has 3 heterocycles. The summed E-state index contributed by atoms with van der Waals surface area (Å²) in [4.78, 5) is 5.04. The maximum Gasteiger partial charge on any atom is 0.264 e. The average molecular weight is 902 g/mol. The van der Waals surface area contributed by atoms with Crippen LogP contribution in [0.3, 0.4) is 0 Å². The third-order valence-electron chi connectivity index (χ3n) is 17.8. The van der Waals surface area contributed by atoms with E-state index in [1.165, 1.54) is 70.5 Å². The van der Waals surface area contributed by atoms with Crippen molar-refractivity contribution in [3.05, 3.63) is 148 Å². The van der Waals surface area contributed by atoms with E-state index < -0.39 is 0 Å². The van der Waals surface area contributed by atoms with Crippen molar-refractivity contribution >= 4 is 78.0 Å². The van der Waals surface area contributed by atoms with E-state index in [2.05, 4.69) is 160 Å². The second-order valence-electron chi connectivity index (χ2n) is 25.0. The van der Waals surface area contributed by atoms with Crippen LogP contribution in [0.25, 0.3) is 21.2 Å². The first-order valence-electron chi connectivity index (χ1n) is 27.5. The molecule has 3 aliphatic carbocycles. The van der Waals surface area contributed by atoms with E-state index in [0.717, 1.165) is 66.8 Å². The molecule has 67 heavy (non-hydrogen) atoms. The minimum atomic E-state index is -0.386. The fraction of sp³-hybridized carbons (Fsp3) is 0.397. The summed E-state index contributed by atoms with van der Waals surface area (Å²) >= 11 is 1.93. The molecule has 0 N–H and O–H groups in total. The standard InChI is InChI=1S/C63H69BN2S/c1-38-31-52-55-53(32-38)66(50-22-18-17-21-41(50)39-19-15-14-16-20-39)56-42-34-45-48(63(12,13)30-27-60(45,6)7)37-54(42)67-57(56)64(55)49-35-46-47(62(10,11)29-28-61(46,8)9)36-51(49)65(52)40-23-24-43-44(33-40)59(4,5)26-25-58(43,2)3/h14-24,31-37H,25-30H2,1-13H3/i14D,15D,16D,19D,20D. The van der Waals surface area contributed by atoms with Crippen molar-refractivity contribution in [2.24, 2.45) is 0 Å². The second kappa shape index (κ2) is 14.0. The molecule has 12 rings (SSSR count). The van der Waals surface area contributed by atoms with Crippen LogP contribution in [0.2, 0.25) is 0 Å². The van der Waals surface area contributed by atoms with E-state index in [-0.39, 0.29) is 75.0 Å². The minimum absolute atomic E-state index is 0.00803. The third-order valence-corrected chi connectivity index (χ3v) is 19.0. The molecule has 1 aromatic heterocycles. The van der Waals surface area contributed by atoms with Crippen LogP contribution < -0.4 is 25.5 Å². The van der Waals surface area contributed by atoms with Crippen LogP contribution in [-0.4, -0.2) is 6.71 Å². The first-order valence-corrected chi connectivity index (χ1v) is 25.8. The van der Waals surface area contributed by atoms with Gasteiger partial charge in [-0.05, 0) is 182 Å². The van der Waals surface area contributed by atoms with E-state index in [4.69, 9.17) is 4.11 Å². The zero-order valence-electron chi connectivity index (χ0n) is 47.1. The number of para-hydroxylation sites is 1. The number of benzene rings is 6. The predicted molar refractivity (Wildman–Crippen MR) is 292 cm³/mol.